The number of hydrogen-bond acceptors (Lipinski definition) is 2. The predicted octanol–water partition coefficient (Wildman–Crippen LogP) is 2.45. The average molecular weight is 317 g/mol. The highest BCUT2D eigenvalue weighted by molar-refractivity contribution is 5.77. The summed E-state index contributed by atoms with van der Waals surface area (Å²) in [5.41, 5.74) is 6.42. The third-order valence-electron chi connectivity index (χ3n) is 4.36. The highest BCUT2D eigenvalue weighted by Gasteiger charge is 2.20. The second kappa shape index (κ2) is 9.18. The van der Waals surface area contributed by atoms with Gasteiger partial charge in [0.1, 0.15) is 0 Å². The summed E-state index contributed by atoms with van der Waals surface area (Å²) < 4.78 is 0. The summed E-state index contributed by atoms with van der Waals surface area (Å²) in [6, 6.07) is 10.2. The minimum absolute atomic E-state index is 0.0749. The number of primary amides is 1. The van der Waals surface area contributed by atoms with Gasteiger partial charge in [0.05, 0.1) is 0 Å². The molecule has 3 amide bonds. The van der Waals surface area contributed by atoms with E-state index in [4.69, 9.17) is 5.73 Å². The molecular weight excluding hydrogens is 290 g/mol. The Bertz CT molecular complexity index is 498. The average Bonchev–Trinajstić information content (AvgIpc) is 2.56. The first-order valence-corrected chi connectivity index (χ1v) is 8.53. The molecule has 1 aliphatic carbocycles. The topological polar surface area (TPSA) is 75.4 Å². The molecule has 1 aliphatic rings. The molecule has 0 saturated heterocycles. The predicted molar refractivity (Wildman–Crippen MR) is 90.9 cm³/mol. The molecule has 0 radical (unpaired) electrons. The van der Waals surface area contributed by atoms with Crippen LogP contribution >= 0.6 is 0 Å². The lowest BCUT2D eigenvalue weighted by atomic mass is 9.96. The normalized spacial score (nSPS) is 15.1. The van der Waals surface area contributed by atoms with Gasteiger partial charge in [0.25, 0.3) is 0 Å². The van der Waals surface area contributed by atoms with E-state index in [1.807, 2.05) is 30.3 Å². The standard InChI is InChI=1S/C18H27N3O2/c19-17(22)12-14-21(13-11-15-7-3-1-4-8-15)18(23)20-16-9-5-2-6-10-16/h1,3-4,7-8,16H,2,5-6,9-14H2,(H2,19,22)(H,20,23). The molecule has 1 aromatic rings. The molecule has 23 heavy (non-hydrogen) atoms. The lowest BCUT2D eigenvalue weighted by Gasteiger charge is -2.28. The first kappa shape index (κ1) is 17.3. The Kier molecular flexibility index (Phi) is 6.91. The maximum atomic E-state index is 12.5. The van der Waals surface area contributed by atoms with Crippen molar-refractivity contribution < 1.29 is 9.59 Å². The SMILES string of the molecule is NC(=O)CCN(CCc1ccccc1)C(=O)NC1CCCCC1. The summed E-state index contributed by atoms with van der Waals surface area (Å²) in [5.74, 6) is -0.375. The molecule has 0 bridgehead atoms. The summed E-state index contributed by atoms with van der Waals surface area (Å²) in [4.78, 5) is 25.3. The van der Waals surface area contributed by atoms with Crippen molar-refractivity contribution >= 4 is 11.9 Å². The van der Waals surface area contributed by atoms with Gasteiger partial charge in [-0.1, -0.05) is 49.6 Å². The maximum absolute atomic E-state index is 12.5. The van der Waals surface area contributed by atoms with Gasteiger partial charge in [-0.05, 0) is 24.8 Å². The molecule has 0 spiro atoms. The fourth-order valence-electron chi connectivity index (χ4n) is 2.98. The van der Waals surface area contributed by atoms with Crippen LogP contribution < -0.4 is 11.1 Å². The highest BCUT2D eigenvalue weighted by atomic mass is 16.2. The van der Waals surface area contributed by atoms with E-state index in [2.05, 4.69) is 5.32 Å². The zero-order valence-electron chi connectivity index (χ0n) is 13.7. The van der Waals surface area contributed by atoms with Gasteiger partial charge >= 0.3 is 6.03 Å². The van der Waals surface area contributed by atoms with Gasteiger partial charge in [-0.2, -0.15) is 0 Å². The van der Waals surface area contributed by atoms with Crippen molar-refractivity contribution in [3.63, 3.8) is 0 Å². The van der Waals surface area contributed by atoms with Crippen LogP contribution in [0.15, 0.2) is 30.3 Å². The van der Waals surface area contributed by atoms with E-state index in [0.29, 0.717) is 13.1 Å². The first-order chi connectivity index (χ1) is 11.1. The molecule has 3 N–H and O–H groups in total. The third kappa shape index (κ3) is 6.30. The molecule has 1 fully saturated rings. The monoisotopic (exact) mass is 317 g/mol. The van der Waals surface area contributed by atoms with Crippen molar-refractivity contribution in [2.75, 3.05) is 13.1 Å². The number of hydrogen-bond donors (Lipinski definition) is 2. The molecule has 126 valence electrons. The zero-order valence-corrected chi connectivity index (χ0v) is 13.7. The summed E-state index contributed by atoms with van der Waals surface area (Å²) >= 11 is 0. The highest BCUT2D eigenvalue weighted by Crippen LogP contribution is 2.17. The summed E-state index contributed by atoms with van der Waals surface area (Å²) in [7, 11) is 0. The largest absolute Gasteiger partial charge is 0.370 e. The molecule has 0 aromatic heterocycles. The van der Waals surface area contributed by atoms with Crippen molar-refractivity contribution in [2.45, 2.75) is 51.0 Å². The number of benzene rings is 1. The lowest BCUT2D eigenvalue weighted by Crippen LogP contribution is -2.47. The Hall–Kier alpha value is -2.04. The molecule has 2 rings (SSSR count). The third-order valence-corrected chi connectivity index (χ3v) is 4.36. The Morgan fingerprint density at radius 1 is 1.09 bits per heavy atom. The van der Waals surface area contributed by atoms with E-state index < -0.39 is 0 Å². The quantitative estimate of drug-likeness (QED) is 0.810. The van der Waals surface area contributed by atoms with Gasteiger partial charge in [0, 0.05) is 25.6 Å². The molecule has 0 heterocycles. The van der Waals surface area contributed by atoms with E-state index in [1.165, 1.54) is 24.8 Å². The van der Waals surface area contributed by atoms with Crippen molar-refractivity contribution in [1.29, 1.82) is 0 Å². The number of carbonyl (C=O) groups is 2. The van der Waals surface area contributed by atoms with Crippen molar-refractivity contribution in [1.82, 2.24) is 10.2 Å². The molecule has 0 aliphatic heterocycles. The number of nitrogens with two attached hydrogens (primary N) is 1. The molecule has 0 unspecified atom stereocenters. The molecule has 1 aromatic carbocycles. The second-order valence-corrected chi connectivity index (χ2v) is 6.22. The van der Waals surface area contributed by atoms with E-state index in [-0.39, 0.29) is 24.4 Å². The molecule has 0 atom stereocenters. The minimum Gasteiger partial charge on any atom is -0.370 e. The van der Waals surface area contributed by atoms with Crippen molar-refractivity contribution in [3.05, 3.63) is 35.9 Å². The van der Waals surface area contributed by atoms with Gasteiger partial charge in [-0.15, -0.1) is 0 Å². The lowest BCUT2D eigenvalue weighted by molar-refractivity contribution is -0.118. The summed E-state index contributed by atoms with van der Waals surface area (Å²) in [6.07, 6.45) is 6.69. The van der Waals surface area contributed by atoms with Crippen LogP contribution in [0.4, 0.5) is 4.79 Å². The molecule has 1 saturated carbocycles. The number of rotatable bonds is 7. The van der Waals surface area contributed by atoms with Crippen LogP contribution in [0.3, 0.4) is 0 Å². The fourth-order valence-corrected chi connectivity index (χ4v) is 2.98. The van der Waals surface area contributed by atoms with E-state index in [1.54, 1.807) is 4.90 Å². The Morgan fingerprint density at radius 3 is 2.43 bits per heavy atom. The molecule has 5 heteroatoms. The Balaban J connectivity index is 1.88. The van der Waals surface area contributed by atoms with Crippen LogP contribution in [0.2, 0.25) is 0 Å². The molecular formula is C18H27N3O2. The molecule has 5 nitrogen and oxygen atoms in total. The summed E-state index contributed by atoms with van der Waals surface area (Å²) in [5, 5.41) is 3.11. The van der Waals surface area contributed by atoms with Gasteiger partial charge in [0.15, 0.2) is 0 Å². The Labute approximate surface area is 138 Å². The zero-order chi connectivity index (χ0) is 16.5. The number of carbonyl (C=O) groups excluding carboxylic acids is 2. The van der Waals surface area contributed by atoms with Gasteiger partial charge in [0.2, 0.25) is 5.91 Å². The maximum Gasteiger partial charge on any atom is 0.317 e. The van der Waals surface area contributed by atoms with Crippen molar-refractivity contribution in [3.8, 4) is 0 Å². The van der Waals surface area contributed by atoms with Gasteiger partial charge in [-0.3, -0.25) is 4.79 Å². The van der Waals surface area contributed by atoms with Crippen LogP contribution in [0.25, 0.3) is 0 Å². The summed E-state index contributed by atoms with van der Waals surface area (Å²) in [6.45, 7) is 0.969. The fraction of sp³-hybridized carbons (Fsp3) is 0.556. The van der Waals surface area contributed by atoms with Crippen LogP contribution in [0.1, 0.15) is 44.1 Å². The van der Waals surface area contributed by atoms with E-state index in [9.17, 15) is 9.59 Å². The van der Waals surface area contributed by atoms with Gasteiger partial charge < -0.3 is 16.0 Å². The number of urea groups is 1. The van der Waals surface area contributed by atoms with Crippen LogP contribution in [0, 0.1) is 0 Å². The number of amides is 3. The van der Waals surface area contributed by atoms with E-state index in [0.717, 1.165) is 19.3 Å². The van der Waals surface area contributed by atoms with Gasteiger partial charge in [-0.25, -0.2) is 4.79 Å². The number of nitrogens with zero attached hydrogens (tertiary/aromatic N) is 1. The Morgan fingerprint density at radius 2 is 1.78 bits per heavy atom. The number of nitrogens with one attached hydrogen (secondary N) is 1. The van der Waals surface area contributed by atoms with Crippen molar-refractivity contribution in [2.24, 2.45) is 5.73 Å². The second-order valence-electron chi connectivity index (χ2n) is 6.22. The van der Waals surface area contributed by atoms with Crippen LogP contribution in [0.5, 0.6) is 0 Å². The van der Waals surface area contributed by atoms with Crippen LogP contribution in [-0.4, -0.2) is 36.0 Å². The van der Waals surface area contributed by atoms with Crippen LogP contribution in [-0.2, 0) is 11.2 Å². The minimum atomic E-state index is -0.375. The smallest absolute Gasteiger partial charge is 0.317 e. The first-order valence-electron chi connectivity index (χ1n) is 8.53. The van der Waals surface area contributed by atoms with E-state index >= 15 is 0 Å².